The molecule has 4 heteroatoms. The molecular formula is C57H36N2O2. The van der Waals surface area contributed by atoms with E-state index in [1.54, 1.807) is 0 Å². The van der Waals surface area contributed by atoms with Gasteiger partial charge in [0.1, 0.15) is 0 Å². The zero-order chi connectivity index (χ0) is 40.3. The smallest absolute Gasteiger partial charge is 0.178 e. The van der Waals surface area contributed by atoms with Crippen molar-refractivity contribution in [1.29, 1.82) is 0 Å². The molecule has 286 valence electrons. The molecule has 0 amide bonds. The Labute approximate surface area is 354 Å². The van der Waals surface area contributed by atoms with Crippen LogP contribution in [0.4, 0.5) is 0 Å². The van der Waals surface area contributed by atoms with Gasteiger partial charge in [0.15, 0.2) is 28.8 Å². The highest BCUT2D eigenvalue weighted by Gasteiger charge is 2.48. The second-order valence-electron chi connectivity index (χ2n) is 15.6. The van der Waals surface area contributed by atoms with Crippen LogP contribution < -0.4 is 9.47 Å². The van der Waals surface area contributed by atoms with Crippen molar-refractivity contribution >= 4 is 10.8 Å². The molecule has 10 aromatic rings. The van der Waals surface area contributed by atoms with Crippen molar-refractivity contribution in [1.82, 2.24) is 9.97 Å². The van der Waals surface area contributed by atoms with Crippen molar-refractivity contribution in [3.63, 3.8) is 0 Å². The van der Waals surface area contributed by atoms with Crippen LogP contribution in [0.25, 0.3) is 66.9 Å². The van der Waals surface area contributed by atoms with E-state index in [2.05, 4.69) is 188 Å². The molecule has 0 atom stereocenters. The van der Waals surface area contributed by atoms with Crippen LogP contribution in [0.3, 0.4) is 0 Å². The van der Waals surface area contributed by atoms with E-state index in [0.29, 0.717) is 23.1 Å². The molecule has 0 fully saturated rings. The first-order valence-corrected chi connectivity index (χ1v) is 20.6. The molecule has 1 aliphatic heterocycles. The second kappa shape index (κ2) is 14.0. The molecule has 0 saturated carbocycles. The molecule has 2 aliphatic rings. The van der Waals surface area contributed by atoms with Gasteiger partial charge in [-0.1, -0.05) is 200 Å². The number of hydrogen-bond acceptors (Lipinski definition) is 4. The first-order chi connectivity index (χ1) is 30.2. The van der Waals surface area contributed by atoms with Crippen molar-refractivity contribution in [2.75, 3.05) is 0 Å². The number of fused-ring (bicyclic) bond motifs is 7. The van der Waals surface area contributed by atoms with Crippen LogP contribution in [0, 0.1) is 0 Å². The van der Waals surface area contributed by atoms with Gasteiger partial charge in [0.2, 0.25) is 0 Å². The van der Waals surface area contributed by atoms with E-state index in [-0.39, 0.29) is 0 Å². The Kier molecular flexibility index (Phi) is 8.04. The Morgan fingerprint density at radius 2 is 0.951 bits per heavy atom. The summed E-state index contributed by atoms with van der Waals surface area (Å²) in [5.74, 6) is 3.48. The molecule has 0 saturated heterocycles. The highest BCUT2D eigenvalue weighted by molar-refractivity contribution is 5.97. The molecule has 0 unspecified atom stereocenters. The van der Waals surface area contributed by atoms with E-state index in [1.807, 2.05) is 30.3 Å². The lowest BCUT2D eigenvalue weighted by atomic mass is 9.68. The van der Waals surface area contributed by atoms with Crippen LogP contribution in [0.15, 0.2) is 218 Å². The number of nitrogens with zero attached hydrogens (tertiary/aromatic N) is 2. The molecule has 0 spiro atoms. The molecule has 0 radical (unpaired) electrons. The highest BCUT2D eigenvalue weighted by atomic mass is 16.6. The predicted molar refractivity (Wildman–Crippen MR) is 245 cm³/mol. The molecule has 1 aliphatic carbocycles. The second-order valence-corrected chi connectivity index (χ2v) is 15.6. The van der Waals surface area contributed by atoms with Gasteiger partial charge in [0.05, 0.1) is 16.8 Å². The van der Waals surface area contributed by atoms with Crippen LogP contribution in [0.5, 0.6) is 23.0 Å². The van der Waals surface area contributed by atoms with Crippen molar-refractivity contribution in [2.24, 2.45) is 0 Å². The Bertz CT molecular complexity index is 3250. The Morgan fingerprint density at radius 1 is 0.361 bits per heavy atom. The zero-order valence-electron chi connectivity index (χ0n) is 33.0. The number of ether oxygens (including phenoxy) is 2. The van der Waals surface area contributed by atoms with E-state index in [1.165, 1.54) is 27.6 Å². The topological polar surface area (TPSA) is 44.2 Å². The molecule has 0 bridgehead atoms. The summed E-state index contributed by atoms with van der Waals surface area (Å²) < 4.78 is 13.9. The number of rotatable bonds is 6. The third kappa shape index (κ3) is 5.53. The van der Waals surface area contributed by atoms with Gasteiger partial charge in [0.25, 0.3) is 0 Å². The predicted octanol–water partition coefficient (Wildman–Crippen LogP) is 14.6. The van der Waals surface area contributed by atoms with E-state index in [9.17, 15) is 0 Å². The lowest BCUT2D eigenvalue weighted by Gasteiger charge is -2.34. The Hall–Kier alpha value is -8.08. The summed E-state index contributed by atoms with van der Waals surface area (Å²) in [4.78, 5) is 10.3. The SMILES string of the molecule is c1ccc(-c2nc(-c3ccc(-c4cccc5c4Oc4c(ccc6c4-c4ccccc4C6(c4ccccc4)c4ccccc4)O5)cc3)cc(-c3cccc4ccccc34)n2)cc1. The third-order valence-corrected chi connectivity index (χ3v) is 12.3. The minimum Gasteiger partial charge on any atom is -0.449 e. The van der Waals surface area contributed by atoms with Crippen molar-refractivity contribution in [3.8, 4) is 79.2 Å². The average Bonchev–Trinajstić information content (AvgIpc) is 3.65. The van der Waals surface area contributed by atoms with Gasteiger partial charge in [-0.15, -0.1) is 0 Å². The van der Waals surface area contributed by atoms with Gasteiger partial charge in [0, 0.05) is 27.8 Å². The van der Waals surface area contributed by atoms with E-state index < -0.39 is 5.41 Å². The fourth-order valence-corrected chi connectivity index (χ4v) is 9.53. The Morgan fingerprint density at radius 3 is 1.74 bits per heavy atom. The monoisotopic (exact) mass is 780 g/mol. The highest BCUT2D eigenvalue weighted by Crippen LogP contribution is 2.62. The normalized spacial score (nSPS) is 13.0. The fourth-order valence-electron chi connectivity index (χ4n) is 9.53. The van der Waals surface area contributed by atoms with E-state index >= 15 is 0 Å². The van der Waals surface area contributed by atoms with Gasteiger partial charge in [-0.3, -0.25) is 0 Å². The average molecular weight is 781 g/mol. The molecular weight excluding hydrogens is 745 g/mol. The summed E-state index contributed by atoms with van der Waals surface area (Å²) in [6, 6.07) is 76.5. The lowest BCUT2D eigenvalue weighted by Crippen LogP contribution is -2.28. The molecule has 61 heavy (non-hydrogen) atoms. The molecule has 4 nitrogen and oxygen atoms in total. The summed E-state index contributed by atoms with van der Waals surface area (Å²) >= 11 is 0. The first-order valence-electron chi connectivity index (χ1n) is 20.6. The van der Waals surface area contributed by atoms with Gasteiger partial charge >= 0.3 is 0 Å². The van der Waals surface area contributed by atoms with Gasteiger partial charge < -0.3 is 9.47 Å². The van der Waals surface area contributed by atoms with Crippen molar-refractivity contribution in [2.45, 2.75) is 5.41 Å². The first kappa shape index (κ1) is 34.9. The summed E-state index contributed by atoms with van der Waals surface area (Å²) in [6.45, 7) is 0. The molecule has 9 aromatic carbocycles. The Balaban J connectivity index is 0.965. The number of benzene rings is 9. The maximum Gasteiger partial charge on any atom is 0.178 e. The maximum absolute atomic E-state index is 7.16. The van der Waals surface area contributed by atoms with Crippen molar-refractivity contribution < 1.29 is 9.47 Å². The minimum absolute atomic E-state index is 0.544. The maximum atomic E-state index is 7.16. The quantitative estimate of drug-likeness (QED) is 0.169. The third-order valence-electron chi connectivity index (χ3n) is 12.3. The molecule has 12 rings (SSSR count). The fraction of sp³-hybridized carbons (Fsp3) is 0.0175. The summed E-state index contributed by atoms with van der Waals surface area (Å²) in [5, 5.41) is 2.33. The summed E-state index contributed by atoms with van der Waals surface area (Å²) in [6.07, 6.45) is 0. The van der Waals surface area contributed by atoms with Crippen LogP contribution >= 0.6 is 0 Å². The number of aromatic nitrogens is 2. The number of para-hydroxylation sites is 1. The molecule has 1 aromatic heterocycles. The summed E-state index contributed by atoms with van der Waals surface area (Å²) in [7, 11) is 0. The standard InChI is InChI=1S/C57H36N2O2/c1-4-17-40(18-5-1)56-58-49(36-50(59-56)45-27-14-19-37-16-10-11-24-43(37)45)39-32-30-38(31-33-39)44-26-15-29-51-54(44)61-55-52(60-51)35-34-48-53(55)46-25-12-13-28-47(46)57(48,41-20-6-2-7-21-41)42-22-8-3-9-23-42/h1-36H. The largest absolute Gasteiger partial charge is 0.449 e. The number of hydrogen-bond donors (Lipinski definition) is 0. The van der Waals surface area contributed by atoms with Crippen LogP contribution in [0.2, 0.25) is 0 Å². The van der Waals surface area contributed by atoms with Crippen LogP contribution in [-0.2, 0) is 5.41 Å². The molecule has 2 heterocycles. The minimum atomic E-state index is -0.544. The summed E-state index contributed by atoms with van der Waals surface area (Å²) in [5.41, 5.74) is 13.2. The van der Waals surface area contributed by atoms with Crippen LogP contribution in [-0.4, -0.2) is 9.97 Å². The molecule has 0 N–H and O–H groups in total. The lowest BCUT2D eigenvalue weighted by molar-refractivity contribution is 0.361. The zero-order valence-corrected chi connectivity index (χ0v) is 33.0. The van der Waals surface area contributed by atoms with Gasteiger partial charge in [-0.05, 0) is 62.4 Å². The van der Waals surface area contributed by atoms with E-state index in [0.717, 1.165) is 61.5 Å². The van der Waals surface area contributed by atoms with Gasteiger partial charge in [-0.25, -0.2) is 9.97 Å². The van der Waals surface area contributed by atoms with Gasteiger partial charge in [-0.2, -0.15) is 0 Å². The van der Waals surface area contributed by atoms with E-state index in [4.69, 9.17) is 19.4 Å². The van der Waals surface area contributed by atoms with Crippen LogP contribution in [0.1, 0.15) is 22.3 Å². The van der Waals surface area contributed by atoms with Crippen molar-refractivity contribution in [3.05, 3.63) is 241 Å².